The molecule has 2 aromatic carbocycles. The number of carbonyl (C=O) groups is 3. The van der Waals surface area contributed by atoms with Gasteiger partial charge in [0.05, 0.1) is 13.1 Å². The van der Waals surface area contributed by atoms with Gasteiger partial charge in [-0.3, -0.25) is 4.79 Å². The lowest BCUT2D eigenvalue weighted by molar-refractivity contribution is -0.897. The number of hydrogen-bond acceptors (Lipinski definition) is 6. The number of likely N-dealkylation sites (tertiary alicyclic amines) is 1. The standard InChI is InChI=1S/C20H20FNO3.C2H2O4/c21-17-6-3-14(4-7-17)18(23)12-22-9-1-2-16(11-22)15-5-8-19-20(10-15)25-13-24-19;3-1(4)2(5)6/h3-8,10,16H,1-2,9,11-13H2;(H,3,4)(H,5,6). The van der Waals surface area contributed by atoms with Crippen LogP contribution in [0.1, 0.15) is 34.7 Å². The van der Waals surface area contributed by atoms with E-state index >= 15 is 0 Å². The predicted molar refractivity (Wildman–Crippen MR) is 103 cm³/mol. The molecule has 0 saturated carbocycles. The van der Waals surface area contributed by atoms with Crippen molar-refractivity contribution >= 4 is 17.7 Å². The van der Waals surface area contributed by atoms with Crippen LogP contribution in [0.2, 0.25) is 0 Å². The Balaban J connectivity index is 0.000000401. The van der Waals surface area contributed by atoms with Gasteiger partial charge in [0.15, 0.2) is 17.5 Å². The van der Waals surface area contributed by atoms with Crippen molar-refractivity contribution in [2.24, 2.45) is 0 Å². The number of carboxylic acids is 2. The Morgan fingerprint density at radius 2 is 1.77 bits per heavy atom. The smallest absolute Gasteiger partial charge is 0.351 e. The number of hydrogen-bond donors (Lipinski definition) is 2. The van der Waals surface area contributed by atoms with E-state index in [2.05, 4.69) is 12.1 Å². The van der Waals surface area contributed by atoms with Crippen molar-refractivity contribution in [1.82, 2.24) is 0 Å². The van der Waals surface area contributed by atoms with Crippen molar-refractivity contribution in [2.75, 3.05) is 26.4 Å². The number of nitrogens with one attached hydrogen (secondary N) is 1. The first-order valence-corrected chi connectivity index (χ1v) is 9.79. The molecule has 0 aromatic heterocycles. The van der Waals surface area contributed by atoms with Crippen LogP contribution in [0.4, 0.5) is 4.39 Å². The van der Waals surface area contributed by atoms with Crippen molar-refractivity contribution in [2.45, 2.75) is 18.8 Å². The van der Waals surface area contributed by atoms with Gasteiger partial charge in [-0.15, -0.1) is 0 Å². The Morgan fingerprint density at radius 3 is 2.45 bits per heavy atom. The minimum Gasteiger partial charge on any atom is -0.539 e. The quantitative estimate of drug-likeness (QED) is 0.518. The summed E-state index contributed by atoms with van der Waals surface area (Å²) in [5.41, 5.74) is 1.83. The van der Waals surface area contributed by atoms with E-state index in [0.29, 0.717) is 18.0 Å². The summed E-state index contributed by atoms with van der Waals surface area (Å²) in [4.78, 5) is 31.7. The molecular formula is C22H22FNO7. The number of ketones is 1. The molecule has 164 valence electrons. The van der Waals surface area contributed by atoms with Crippen LogP contribution >= 0.6 is 0 Å². The lowest BCUT2D eigenvalue weighted by atomic mass is 9.90. The minimum absolute atomic E-state index is 0.0707. The third kappa shape index (κ3) is 6.02. The molecule has 4 rings (SSSR count). The fourth-order valence-corrected chi connectivity index (χ4v) is 3.73. The number of aliphatic carboxylic acids is 2. The Kier molecular flexibility index (Phi) is 7.19. The molecule has 0 spiro atoms. The Hall–Kier alpha value is -3.46. The van der Waals surface area contributed by atoms with Crippen LogP contribution in [0.15, 0.2) is 42.5 Å². The normalized spacial score (nSPS) is 19.1. The second-order valence-corrected chi connectivity index (χ2v) is 7.36. The summed E-state index contributed by atoms with van der Waals surface area (Å²) in [5, 5.41) is 16.3. The number of fused-ring (bicyclic) bond motifs is 1. The molecule has 2 unspecified atom stereocenters. The number of piperidine rings is 1. The third-order valence-corrected chi connectivity index (χ3v) is 5.24. The SMILES string of the molecule is O=C(C[NH+]1CCCC(c2ccc3c(c2)OCO3)C1)c1ccc(F)cc1.O=C([O-])C(=O)O. The van der Waals surface area contributed by atoms with Gasteiger partial charge in [-0.25, -0.2) is 9.18 Å². The molecule has 9 heteroatoms. The van der Waals surface area contributed by atoms with Crippen molar-refractivity contribution in [3.63, 3.8) is 0 Å². The number of quaternary nitrogens is 1. The van der Waals surface area contributed by atoms with E-state index < -0.39 is 11.9 Å². The number of ether oxygens (including phenoxy) is 2. The highest BCUT2D eigenvalue weighted by molar-refractivity contribution is 6.26. The molecule has 2 aliphatic rings. The first-order chi connectivity index (χ1) is 14.8. The second kappa shape index (κ2) is 10.0. The van der Waals surface area contributed by atoms with E-state index in [1.807, 2.05) is 6.07 Å². The van der Waals surface area contributed by atoms with Crippen molar-refractivity contribution in [3.8, 4) is 11.5 Å². The Morgan fingerprint density at radius 1 is 1.10 bits per heavy atom. The van der Waals surface area contributed by atoms with Crippen LogP contribution in [0.5, 0.6) is 11.5 Å². The van der Waals surface area contributed by atoms with Crippen molar-refractivity contribution in [3.05, 3.63) is 59.4 Å². The maximum Gasteiger partial charge on any atom is 0.351 e. The van der Waals surface area contributed by atoms with E-state index in [9.17, 15) is 9.18 Å². The molecule has 2 N–H and O–H groups in total. The van der Waals surface area contributed by atoms with Crippen LogP contribution < -0.4 is 19.5 Å². The van der Waals surface area contributed by atoms with E-state index in [1.54, 1.807) is 12.1 Å². The first-order valence-electron chi connectivity index (χ1n) is 9.79. The number of carbonyl (C=O) groups excluding carboxylic acids is 2. The zero-order valence-electron chi connectivity index (χ0n) is 16.6. The van der Waals surface area contributed by atoms with E-state index in [-0.39, 0.29) is 18.4 Å². The van der Waals surface area contributed by atoms with E-state index in [0.717, 1.165) is 37.4 Å². The molecule has 0 radical (unpaired) electrons. The maximum absolute atomic E-state index is 13.0. The van der Waals surface area contributed by atoms with Crippen LogP contribution in [0.25, 0.3) is 0 Å². The lowest BCUT2D eigenvalue weighted by Crippen LogP contribution is -3.14. The lowest BCUT2D eigenvalue weighted by Gasteiger charge is -2.29. The number of Topliss-reactive ketones (excluding diaryl/α,β-unsaturated/α-hetero) is 1. The van der Waals surface area contributed by atoms with Gasteiger partial charge in [-0.05, 0) is 54.8 Å². The zero-order valence-corrected chi connectivity index (χ0v) is 16.6. The topological polar surface area (TPSA) is 117 Å². The molecular weight excluding hydrogens is 409 g/mol. The molecule has 31 heavy (non-hydrogen) atoms. The fraction of sp³-hybridized carbons (Fsp3) is 0.318. The van der Waals surface area contributed by atoms with Gasteiger partial charge < -0.3 is 29.4 Å². The minimum atomic E-state index is -2.07. The highest BCUT2D eigenvalue weighted by Crippen LogP contribution is 2.35. The zero-order chi connectivity index (χ0) is 22.4. The molecule has 2 heterocycles. The molecule has 0 amide bonds. The van der Waals surface area contributed by atoms with Crippen LogP contribution in [0, 0.1) is 5.82 Å². The second-order valence-electron chi connectivity index (χ2n) is 7.36. The predicted octanol–water partition coefficient (Wildman–Crippen LogP) is 0.0205. The number of benzene rings is 2. The van der Waals surface area contributed by atoms with Gasteiger partial charge in [0.2, 0.25) is 12.6 Å². The summed E-state index contributed by atoms with van der Waals surface area (Å²) in [6.07, 6.45) is 2.21. The van der Waals surface area contributed by atoms with Crippen LogP contribution in [-0.4, -0.2) is 49.3 Å². The van der Waals surface area contributed by atoms with Gasteiger partial charge in [-0.1, -0.05) is 6.07 Å². The Labute approximate surface area is 177 Å². The average Bonchev–Trinajstić information content (AvgIpc) is 3.22. The molecule has 2 aliphatic heterocycles. The van der Waals surface area contributed by atoms with Gasteiger partial charge in [-0.2, -0.15) is 0 Å². The molecule has 0 bridgehead atoms. The first kappa shape index (κ1) is 22.2. The summed E-state index contributed by atoms with van der Waals surface area (Å²) in [6, 6.07) is 11.9. The molecule has 1 fully saturated rings. The summed E-state index contributed by atoms with van der Waals surface area (Å²) in [7, 11) is 0. The largest absolute Gasteiger partial charge is 0.539 e. The van der Waals surface area contributed by atoms with E-state index in [1.165, 1.54) is 22.6 Å². The summed E-state index contributed by atoms with van der Waals surface area (Å²) in [6.45, 7) is 2.65. The van der Waals surface area contributed by atoms with Gasteiger partial charge in [0, 0.05) is 11.5 Å². The average molecular weight is 431 g/mol. The summed E-state index contributed by atoms with van der Waals surface area (Å²) in [5.74, 6) is -2.22. The number of carboxylic acid groups (broad SMARTS) is 2. The molecule has 1 saturated heterocycles. The molecule has 8 nitrogen and oxygen atoms in total. The van der Waals surface area contributed by atoms with Gasteiger partial charge in [0.1, 0.15) is 12.4 Å². The monoisotopic (exact) mass is 431 g/mol. The van der Waals surface area contributed by atoms with Gasteiger partial charge >= 0.3 is 5.97 Å². The highest BCUT2D eigenvalue weighted by atomic mass is 19.1. The third-order valence-electron chi connectivity index (χ3n) is 5.24. The molecule has 2 aromatic rings. The summed E-state index contributed by atoms with van der Waals surface area (Å²) >= 11 is 0. The van der Waals surface area contributed by atoms with E-state index in [4.69, 9.17) is 29.3 Å². The Bertz CT molecular complexity index is 949. The molecule has 0 aliphatic carbocycles. The van der Waals surface area contributed by atoms with Crippen LogP contribution in [0.3, 0.4) is 0 Å². The van der Waals surface area contributed by atoms with Gasteiger partial charge in [0.25, 0.3) is 0 Å². The van der Waals surface area contributed by atoms with Crippen molar-refractivity contribution < 1.29 is 43.4 Å². The summed E-state index contributed by atoms with van der Waals surface area (Å²) < 4.78 is 23.9. The number of halogens is 1. The van der Waals surface area contributed by atoms with Crippen LogP contribution in [-0.2, 0) is 9.59 Å². The molecule has 2 atom stereocenters. The number of rotatable bonds is 4. The fourth-order valence-electron chi connectivity index (χ4n) is 3.73. The highest BCUT2D eigenvalue weighted by Gasteiger charge is 2.27. The maximum atomic E-state index is 13.0. The van der Waals surface area contributed by atoms with Crippen molar-refractivity contribution in [1.29, 1.82) is 0 Å².